The van der Waals surface area contributed by atoms with Crippen LogP contribution in [0.5, 0.6) is 0 Å². The lowest BCUT2D eigenvalue weighted by molar-refractivity contribution is 0.538. The second kappa shape index (κ2) is 4.68. The maximum atomic E-state index is 5.73. The van der Waals surface area contributed by atoms with Crippen molar-refractivity contribution >= 4 is 5.95 Å². The van der Waals surface area contributed by atoms with Crippen LogP contribution in [0.1, 0.15) is 38.1 Å². The quantitative estimate of drug-likeness (QED) is 0.869. The van der Waals surface area contributed by atoms with E-state index in [9.17, 15) is 0 Å². The number of nitrogen functional groups attached to an aromatic ring is 1. The van der Waals surface area contributed by atoms with Crippen LogP contribution >= 0.6 is 0 Å². The third-order valence-corrected chi connectivity index (χ3v) is 2.44. The van der Waals surface area contributed by atoms with Crippen LogP contribution in [0, 0.1) is 0 Å². The molecule has 0 saturated heterocycles. The first-order valence-electron chi connectivity index (χ1n) is 5.86. The summed E-state index contributed by atoms with van der Waals surface area (Å²) in [6.07, 6.45) is 2.32. The highest BCUT2D eigenvalue weighted by atomic mass is 15.1. The Morgan fingerprint density at radius 2 is 1.89 bits per heavy atom. The highest BCUT2D eigenvalue weighted by Crippen LogP contribution is 2.18. The van der Waals surface area contributed by atoms with Gasteiger partial charge in [0, 0.05) is 17.3 Å². The number of nitrogens with zero attached hydrogens (tertiary/aromatic N) is 4. The smallest absolute Gasteiger partial charge is 0.223 e. The molecular weight excluding hydrogens is 226 g/mol. The van der Waals surface area contributed by atoms with E-state index in [1.54, 1.807) is 6.20 Å². The summed E-state index contributed by atoms with van der Waals surface area (Å²) >= 11 is 0. The fraction of sp³-hybridized carbons (Fsp3) is 0.385. The number of anilines is 1. The molecule has 0 aliphatic heterocycles. The summed E-state index contributed by atoms with van der Waals surface area (Å²) in [5, 5.41) is 0. The molecule has 2 N–H and O–H groups in total. The normalized spacial score (nSPS) is 11.5. The predicted molar refractivity (Wildman–Crippen MR) is 70.0 cm³/mol. The average Bonchev–Trinajstić information content (AvgIpc) is 2.28. The minimum Gasteiger partial charge on any atom is -0.368 e. The third kappa shape index (κ3) is 3.00. The van der Waals surface area contributed by atoms with Gasteiger partial charge in [-0.25, -0.2) is 4.98 Å². The van der Waals surface area contributed by atoms with Gasteiger partial charge in [0.25, 0.3) is 0 Å². The summed E-state index contributed by atoms with van der Waals surface area (Å²) in [6, 6.07) is 5.76. The minimum atomic E-state index is -0.143. The zero-order chi connectivity index (χ0) is 13.2. The van der Waals surface area contributed by atoms with E-state index < -0.39 is 0 Å². The summed E-state index contributed by atoms with van der Waals surface area (Å²) in [6.45, 7) is 6.14. The van der Waals surface area contributed by atoms with Gasteiger partial charge < -0.3 is 5.73 Å². The largest absolute Gasteiger partial charge is 0.368 e. The number of hydrogen-bond donors (Lipinski definition) is 1. The molecule has 2 aromatic rings. The van der Waals surface area contributed by atoms with Gasteiger partial charge in [-0.15, -0.1) is 0 Å². The van der Waals surface area contributed by atoms with Crippen LogP contribution in [0.15, 0.2) is 24.4 Å². The fourth-order valence-electron chi connectivity index (χ4n) is 1.52. The Kier molecular flexibility index (Phi) is 3.23. The van der Waals surface area contributed by atoms with Gasteiger partial charge in [0.15, 0.2) is 0 Å². The van der Waals surface area contributed by atoms with Gasteiger partial charge in [0.1, 0.15) is 11.6 Å². The highest BCUT2D eigenvalue weighted by Gasteiger charge is 2.19. The van der Waals surface area contributed by atoms with E-state index in [0.29, 0.717) is 18.1 Å². The predicted octanol–water partition coefficient (Wildman–Crippen LogP) is 1.74. The Labute approximate surface area is 107 Å². The molecule has 18 heavy (non-hydrogen) atoms. The summed E-state index contributed by atoms with van der Waals surface area (Å²) < 4.78 is 0. The lowest BCUT2D eigenvalue weighted by Crippen LogP contribution is -2.19. The molecule has 2 aromatic heterocycles. The molecule has 0 radical (unpaired) electrons. The van der Waals surface area contributed by atoms with Crippen LogP contribution in [0.4, 0.5) is 5.95 Å². The molecule has 0 aromatic carbocycles. The van der Waals surface area contributed by atoms with Crippen molar-refractivity contribution in [2.24, 2.45) is 0 Å². The Morgan fingerprint density at radius 1 is 1.11 bits per heavy atom. The van der Waals surface area contributed by atoms with Crippen molar-refractivity contribution in [2.75, 3.05) is 5.73 Å². The highest BCUT2D eigenvalue weighted by molar-refractivity contribution is 5.21. The molecule has 0 amide bonds. The molecule has 0 aliphatic rings. The van der Waals surface area contributed by atoms with Gasteiger partial charge in [-0.1, -0.05) is 26.8 Å². The molecule has 0 saturated carbocycles. The number of hydrogen-bond acceptors (Lipinski definition) is 5. The molecule has 2 heterocycles. The standard InChI is InChI=1S/C13H17N5/c1-13(2,3)11-16-10(17-12(14)18-11)8-9-6-4-5-7-15-9/h4-7H,8H2,1-3H3,(H2,14,16,17,18). The van der Waals surface area contributed by atoms with E-state index in [1.165, 1.54) is 0 Å². The van der Waals surface area contributed by atoms with Crippen molar-refractivity contribution < 1.29 is 0 Å². The molecule has 0 bridgehead atoms. The van der Waals surface area contributed by atoms with E-state index in [1.807, 2.05) is 39.0 Å². The topological polar surface area (TPSA) is 77.6 Å². The third-order valence-electron chi connectivity index (χ3n) is 2.44. The Morgan fingerprint density at radius 3 is 2.50 bits per heavy atom. The van der Waals surface area contributed by atoms with Crippen molar-refractivity contribution in [1.82, 2.24) is 19.9 Å². The zero-order valence-corrected chi connectivity index (χ0v) is 10.9. The SMILES string of the molecule is CC(C)(C)c1nc(N)nc(Cc2ccccn2)n1. The maximum absolute atomic E-state index is 5.73. The van der Waals surface area contributed by atoms with E-state index in [-0.39, 0.29) is 11.4 Å². The Hall–Kier alpha value is -2.04. The van der Waals surface area contributed by atoms with Gasteiger partial charge in [0.2, 0.25) is 5.95 Å². The molecule has 2 rings (SSSR count). The molecular formula is C13H17N5. The molecule has 0 fully saturated rings. The van der Waals surface area contributed by atoms with Gasteiger partial charge in [0.05, 0.1) is 6.42 Å². The van der Waals surface area contributed by atoms with Crippen LogP contribution in [0.2, 0.25) is 0 Å². The lowest BCUT2D eigenvalue weighted by atomic mass is 9.96. The number of aromatic nitrogens is 4. The van der Waals surface area contributed by atoms with Crippen molar-refractivity contribution in [3.63, 3.8) is 0 Å². The summed E-state index contributed by atoms with van der Waals surface area (Å²) in [4.78, 5) is 17.1. The van der Waals surface area contributed by atoms with Crippen molar-refractivity contribution in [2.45, 2.75) is 32.6 Å². The van der Waals surface area contributed by atoms with Crippen LogP contribution in [-0.4, -0.2) is 19.9 Å². The van der Waals surface area contributed by atoms with Gasteiger partial charge >= 0.3 is 0 Å². The Balaban J connectivity index is 2.32. The number of nitrogens with two attached hydrogens (primary N) is 1. The van der Waals surface area contributed by atoms with Crippen LogP contribution in [0.3, 0.4) is 0 Å². The fourth-order valence-corrected chi connectivity index (χ4v) is 1.52. The number of rotatable bonds is 2. The van der Waals surface area contributed by atoms with Crippen molar-refractivity contribution in [3.8, 4) is 0 Å². The van der Waals surface area contributed by atoms with Gasteiger partial charge in [-0.3, -0.25) is 4.98 Å². The van der Waals surface area contributed by atoms with Crippen molar-refractivity contribution in [1.29, 1.82) is 0 Å². The molecule has 0 spiro atoms. The molecule has 5 heteroatoms. The first-order chi connectivity index (χ1) is 8.45. The summed E-state index contributed by atoms with van der Waals surface area (Å²) in [5.74, 6) is 1.63. The first kappa shape index (κ1) is 12.4. The Bertz CT molecular complexity index is 531. The summed E-state index contributed by atoms with van der Waals surface area (Å²) in [5.41, 5.74) is 6.50. The minimum absolute atomic E-state index is 0.143. The molecule has 94 valence electrons. The second-order valence-corrected chi connectivity index (χ2v) is 5.18. The first-order valence-corrected chi connectivity index (χ1v) is 5.86. The monoisotopic (exact) mass is 243 g/mol. The van der Waals surface area contributed by atoms with E-state index in [0.717, 1.165) is 5.69 Å². The molecule has 0 unspecified atom stereocenters. The van der Waals surface area contributed by atoms with Crippen LogP contribution in [0.25, 0.3) is 0 Å². The van der Waals surface area contributed by atoms with E-state index in [4.69, 9.17) is 5.73 Å². The zero-order valence-electron chi connectivity index (χ0n) is 10.9. The molecule has 0 aliphatic carbocycles. The van der Waals surface area contributed by atoms with Gasteiger partial charge in [-0.05, 0) is 12.1 Å². The molecule has 0 atom stereocenters. The summed E-state index contributed by atoms with van der Waals surface area (Å²) in [7, 11) is 0. The molecule has 5 nitrogen and oxygen atoms in total. The van der Waals surface area contributed by atoms with E-state index in [2.05, 4.69) is 19.9 Å². The van der Waals surface area contributed by atoms with Crippen LogP contribution in [-0.2, 0) is 11.8 Å². The van der Waals surface area contributed by atoms with E-state index >= 15 is 0 Å². The van der Waals surface area contributed by atoms with Crippen molar-refractivity contribution in [3.05, 3.63) is 41.7 Å². The number of pyridine rings is 1. The second-order valence-electron chi connectivity index (χ2n) is 5.18. The average molecular weight is 243 g/mol. The van der Waals surface area contributed by atoms with Crippen LogP contribution < -0.4 is 5.73 Å². The maximum Gasteiger partial charge on any atom is 0.223 e. The van der Waals surface area contributed by atoms with Gasteiger partial charge in [-0.2, -0.15) is 9.97 Å². The lowest BCUT2D eigenvalue weighted by Gasteiger charge is -2.17.